The van der Waals surface area contributed by atoms with Gasteiger partial charge in [0.15, 0.2) is 0 Å². The molecule has 0 aromatic heterocycles. The van der Waals surface area contributed by atoms with Gasteiger partial charge in [-0.1, -0.05) is 66.2 Å². The zero-order valence-electron chi connectivity index (χ0n) is 13.7. The zero-order chi connectivity index (χ0) is 14.2. The molecule has 0 nitrogen and oxygen atoms in total. The van der Waals surface area contributed by atoms with E-state index in [9.17, 15) is 0 Å². The molecule has 0 bridgehead atoms. The highest BCUT2D eigenvalue weighted by atomic mass is 14.2. The van der Waals surface area contributed by atoms with Gasteiger partial charge in [0.25, 0.3) is 0 Å². The molecule has 0 radical (unpaired) electrons. The number of hydrogen-bond acceptors (Lipinski definition) is 0. The molecule has 0 aliphatic heterocycles. The second kappa shape index (κ2) is 8.33. The Morgan fingerprint density at radius 2 is 1.18 bits per heavy atom. The lowest BCUT2D eigenvalue weighted by molar-refractivity contribution is 0.585. The molecule has 0 N–H and O–H groups in total. The standard InChI is InChI=1S/C13H20.2C2H6/c1-9-7-10(2)11(3)12(8-9)13(4,5)6;2*1-2/h7-8H,1-6H3;2*1-2H3. The van der Waals surface area contributed by atoms with E-state index in [4.69, 9.17) is 0 Å². The highest BCUT2D eigenvalue weighted by Gasteiger charge is 2.17. The topological polar surface area (TPSA) is 0 Å². The second-order valence-electron chi connectivity index (χ2n) is 5.00. The minimum atomic E-state index is 0.265. The van der Waals surface area contributed by atoms with Crippen molar-refractivity contribution in [1.82, 2.24) is 0 Å². The highest BCUT2D eigenvalue weighted by Crippen LogP contribution is 2.28. The minimum absolute atomic E-state index is 0.265. The summed E-state index contributed by atoms with van der Waals surface area (Å²) in [6.07, 6.45) is 0. The first kappa shape index (κ1) is 18.6. The Morgan fingerprint density at radius 1 is 0.765 bits per heavy atom. The molecule has 17 heavy (non-hydrogen) atoms. The summed E-state index contributed by atoms with van der Waals surface area (Å²) in [4.78, 5) is 0. The molecule has 1 rings (SSSR count). The largest absolute Gasteiger partial charge is 0.0683 e. The van der Waals surface area contributed by atoms with Crippen molar-refractivity contribution >= 4 is 0 Å². The van der Waals surface area contributed by atoms with Gasteiger partial charge in [0, 0.05) is 0 Å². The molecule has 0 saturated carbocycles. The van der Waals surface area contributed by atoms with Crippen LogP contribution in [-0.2, 0) is 5.41 Å². The van der Waals surface area contributed by atoms with Gasteiger partial charge in [-0.25, -0.2) is 0 Å². The van der Waals surface area contributed by atoms with E-state index in [0.29, 0.717) is 0 Å². The molecule has 0 aliphatic rings. The molecule has 100 valence electrons. The van der Waals surface area contributed by atoms with Gasteiger partial charge in [-0.3, -0.25) is 0 Å². The van der Waals surface area contributed by atoms with Gasteiger partial charge in [-0.2, -0.15) is 0 Å². The fourth-order valence-electron chi connectivity index (χ4n) is 1.82. The van der Waals surface area contributed by atoms with Crippen molar-refractivity contribution < 1.29 is 0 Å². The molecular formula is C17H32. The van der Waals surface area contributed by atoms with Crippen LogP contribution < -0.4 is 0 Å². The van der Waals surface area contributed by atoms with Crippen LogP contribution in [0.1, 0.15) is 70.7 Å². The first-order valence-corrected chi connectivity index (χ1v) is 6.90. The van der Waals surface area contributed by atoms with E-state index in [1.165, 1.54) is 22.3 Å². The Hall–Kier alpha value is -0.780. The molecule has 0 spiro atoms. The van der Waals surface area contributed by atoms with Crippen LogP contribution >= 0.6 is 0 Å². The number of rotatable bonds is 0. The summed E-state index contributed by atoms with van der Waals surface area (Å²) in [5, 5.41) is 0. The first-order valence-electron chi connectivity index (χ1n) is 6.90. The molecule has 1 aromatic rings. The third kappa shape index (κ3) is 5.91. The maximum absolute atomic E-state index is 2.31. The monoisotopic (exact) mass is 236 g/mol. The second-order valence-corrected chi connectivity index (χ2v) is 5.00. The van der Waals surface area contributed by atoms with Gasteiger partial charge in [0.1, 0.15) is 0 Å². The summed E-state index contributed by atoms with van der Waals surface area (Å²) in [6.45, 7) is 21.4. The van der Waals surface area contributed by atoms with Crippen molar-refractivity contribution in [3.8, 4) is 0 Å². The van der Waals surface area contributed by atoms with E-state index in [-0.39, 0.29) is 5.41 Å². The van der Waals surface area contributed by atoms with E-state index in [1.807, 2.05) is 27.7 Å². The van der Waals surface area contributed by atoms with Crippen LogP contribution in [0.25, 0.3) is 0 Å². The van der Waals surface area contributed by atoms with Gasteiger partial charge < -0.3 is 0 Å². The van der Waals surface area contributed by atoms with Gasteiger partial charge in [-0.15, -0.1) is 0 Å². The lowest BCUT2D eigenvalue weighted by Crippen LogP contribution is -2.14. The summed E-state index contributed by atoms with van der Waals surface area (Å²) in [5.41, 5.74) is 5.96. The van der Waals surface area contributed by atoms with Crippen molar-refractivity contribution in [2.75, 3.05) is 0 Å². The van der Waals surface area contributed by atoms with Crippen LogP contribution in [0.4, 0.5) is 0 Å². The van der Waals surface area contributed by atoms with Crippen molar-refractivity contribution in [2.24, 2.45) is 0 Å². The molecule has 0 amide bonds. The maximum Gasteiger partial charge on any atom is -0.0129 e. The molecule has 0 heterocycles. The highest BCUT2D eigenvalue weighted by molar-refractivity contribution is 5.40. The predicted molar refractivity (Wildman–Crippen MR) is 82.0 cm³/mol. The average Bonchev–Trinajstić information content (AvgIpc) is 2.27. The Morgan fingerprint density at radius 3 is 1.53 bits per heavy atom. The summed E-state index contributed by atoms with van der Waals surface area (Å²) in [6, 6.07) is 4.56. The van der Waals surface area contributed by atoms with Gasteiger partial charge in [0.05, 0.1) is 0 Å². The van der Waals surface area contributed by atoms with Crippen molar-refractivity contribution in [1.29, 1.82) is 0 Å². The molecular weight excluding hydrogens is 204 g/mol. The zero-order valence-corrected chi connectivity index (χ0v) is 13.7. The van der Waals surface area contributed by atoms with E-state index >= 15 is 0 Å². The number of hydrogen-bond donors (Lipinski definition) is 0. The molecule has 0 fully saturated rings. The van der Waals surface area contributed by atoms with Crippen LogP contribution in [0.5, 0.6) is 0 Å². The summed E-state index contributed by atoms with van der Waals surface area (Å²) < 4.78 is 0. The van der Waals surface area contributed by atoms with Crippen LogP contribution in [0, 0.1) is 20.8 Å². The van der Waals surface area contributed by atoms with E-state index in [2.05, 4.69) is 53.7 Å². The molecule has 0 saturated heterocycles. The molecule has 0 heteroatoms. The molecule has 0 unspecified atom stereocenters. The summed E-state index contributed by atoms with van der Waals surface area (Å²) in [7, 11) is 0. The predicted octanol–water partition coefficient (Wildman–Crippen LogP) is 5.96. The smallest absolute Gasteiger partial charge is 0.0129 e. The van der Waals surface area contributed by atoms with Crippen molar-refractivity contribution in [3.63, 3.8) is 0 Å². The van der Waals surface area contributed by atoms with Gasteiger partial charge in [-0.05, 0) is 42.9 Å². The maximum atomic E-state index is 2.31. The third-order valence-corrected chi connectivity index (χ3v) is 2.62. The third-order valence-electron chi connectivity index (χ3n) is 2.62. The average molecular weight is 236 g/mol. The van der Waals surface area contributed by atoms with Crippen LogP contribution in [0.3, 0.4) is 0 Å². The quantitative estimate of drug-likeness (QED) is 0.521. The van der Waals surface area contributed by atoms with Gasteiger partial charge in [0.2, 0.25) is 0 Å². The van der Waals surface area contributed by atoms with Gasteiger partial charge >= 0.3 is 0 Å². The summed E-state index contributed by atoms with van der Waals surface area (Å²) >= 11 is 0. The normalized spacial score (nSPS) is 9.76. The Labute approximate surface area is 109 Å². The fourth-order valence-corrected chi connectivity index (χ4v) is 1.82. The molecule has 0 aliphatic carbocycles. The molecule has 1 aromatic carbocycles. The lowest BCUT2D eigenvalue weighted by Gasteiger charge is -2.23. The Kier molecular flexibility index (Phi) is 9.11. The van der Waals surface area contributed by atoms with Crippen LogP contribution in [0.15, 0.2) is 12.1 Å². The number of benzene rings is 1. The Bertz CT molecular complexity index is 314. The number of aryl methyl sites for hydroxylation is 2. The van der Waals surface area contributed by atoms with E-state index in [1.54, 1.807) is 0 Å². The summed E-state index contributed by atoms with van der Waals surface area (Å²) in [5.74, 6) is 0. The van der Waals surface area contributed by atoms with Crippen molar-refractivity contribution in [3.05, 3.63) is 34.4 Å². The van der Waals surface area contributed by atoms with E-state index in [0.717, 1.165) is 0 Å². The Balaban J connectivity index is 0. The fraction of sp³-hybridized carbons (Fsp3) is 0.647. The molecule has 0 atom stereocenters. The SMILES string of the molecule is CC.CC.Cc1cc(C)c(C)c(C(C)(C)C)c1. The van der Waals surface area contributed by atoms with Crippen molar-refractivity contribution in [2.45, 2.75) is 74.7 Å². The first-order chi connectivity index (χ1) is 7.82. The van der Waals surface area contributed by atoms with E-state index < -0.39 is 0 Å². The minimum Gasteiger partial charge on any atom is -0.0683 e. The van der Waals surface area contributed by atoms with Crippen LogP contribution in [0.2, 0.25) is 0 Å². The lowest BCUT2D eigenvalue weighted by atomic mass is 9.82. The van der Waals surface area contributed by atoms with Crippen LogP contribution in [-0.4, -0.2) is 0 Å².